The molecule has 2 unspecified atom stereocenters. The Morgan fingerprint density at radius 1 is 1.29 bits per heavy atom. The molecule has 1 aromatic carbocycles. The van der Waals surface area contributed by atoms with E-state index in [0.717, 1.165) is 12.8 Å². The van der Waals surface area contributed by atoms with Gasteiger partial charge in [-0.2, -0.15) is 0 Å². The first-order chi connectivity index (χ1) is 9.79. The van der Waals surface area contributed by atoms with Crippen molar-refractivity contribution in [3.63, 3.8) is 0 Å². The maximum absolute atomic E-state index is 11.5. The number of benzene rings is 1. The maximum atomic E-state index is 11.5. The van der Waals surface area contributed by atoms with Gasteiger partial charge in [-0.3, -0.25) is 0 Å². The Labute approximate surface area is 125 Å². The standard InChI is InChI=1S/C14H22N2O4S/c1-9-6-11(7-10(2)20-9)16-13-8-12(21(15,17)18)4-5-14(13)19-3/h4-5,8-11,16H,6-7H2,1-3H3,(H2,15,17,18). The van der Waals surface area contributed by atoms with Gasteiger partial charge >= 0.3 is 0 Å². The van der Waals surface area contributed by atoms with Crippen molar-refractivity contribution in [1.82, 2.24) is 0 Å². The summed E-state index contributed by atoms with van der Waals surface area (Å²) in [6.07, 6.45) is 2.04. The summed E-state index contributed by atoms with van der Waals surface area (Å²) in [7, 11) is -2.18. The first kappa shape index (κ1) is 16.1. The number of ether oxygens (including phenoxy) is 2. The number of hydrogen-bond donors (Lipinski definition) is 2. The number of methoxy groups -OCH3 is 1. The van der Waals surface area contributed by atoms with E-state index in [9.17, 15) is 8.42 Å². The summed E-state index contributed by atoms with van der Waals surface area (Å²) in [6.45, 7) is 4.06. The maximum Gasteiger partial charge on any atom is 0.238 e. The van der Waals surface area contributed by atoms with Gasteiger partial charge in [-0.05, 0) is 44.9 Å². The van der Waals surface area contributed by atoms with E-state index >= 15 is 0 Å². The van der Waals surface area contributed by atoms with Gasteiger partial charge in [0.2, 0.25) is 10.0 Å². The molecule has 1 aliphatic rings. The van der Waals surface area contributed by atoms with Crippen LogP contribution in [0, 0.1) is 0 Å². The van der Waals surface area contributed by atoms with Gasteiger partial charge in [0.15, 0.2) is 0 Å². The molecule has 21 heavy (non-hydrogen) atoms. The predicted octanol–water partition coefficient (Wildman–Crippen LogP) is 1.71. The lowest BCUT2D eigenvalue weighted by molar-refractivity contribution is -0.0338. The van der Waals surface area contributed by atoms with Gasteiger partial charge in [0.1, 0.15) is 5.75 Å². The van der Waals surface area contributed by atoms with Crippen LogP contribution in [0.25, 0.3) is 0 Å². The average molecular weight is 314 g/mol. The van der Waals surface area contributed by atoms with Crippen molar-refractivity contribution in [2.24, 2.45) is 5.14 Å². The summed E-state index contributed by atoms with van der Waals surface area (Å²) in [5.41, 5.74) is 0.635. The fourth-order valence-corrected chi connectivity index (χ4v) is 3.26. The Morgan fingerprint density at radius 3 is 2.43 bits per heavy atom. The third-order valence-electron chi connectivity index (χ3n) is 3.56. The first-order valence-corrected chi connectivity index (χ1v) is 8.47. The van der Waals surface area contributed by atoms with E-state index in [4.69, 9.17) is 14.6 Å². The van der Waals surface area contributed by atoms with Crippen molar-refractivity contribution in [1.29, 1.82) is 0 Å². The van der Waals surface area contributed by atoms with Crippen LogP contribution in [-0.2, 0) is 14.8 Å². The van der Waals surface area contributed by atoms with Gasteiger partial charge in [-0.15, -0.1) is 0 Å². The van der Waals surface area contributed by atoms with E-state index in [1.165, 1.54) is 12.1 Å². The summed E-state index contributed by atoms with van der Waals surface area (Å²) in [5, 5.41) is 8.53. The van der Waals surface area contributed by atoms with Crippen LogP contribution in [-0.4, -0.2) is 33.8 Å². The molecule has 7 heteroatoms. The molecule has 2 rings (SSSR count). The minimum atomic E-state index is -3.73. The molecule has 0 saturated carbocycles. The largest absolute Gasteiger partial charge is 0.495 e. The molecule has 0 aromatic heterocycles. The number of nitrogens with two attached hydrogens (primary N) is 1. The number of rotatable bonds is 4. The summed E-state index contributed by atoms with van der Waals surface area (Å²) in [6, 6.07) is 4.76. The summed E-state index contributed by atoms with van der Waals surface area (Å²) in [5.74, 6) is 0.592. The van der Waals surface area contributed by atoms with Crippen molar-refractivity contribution < 1.29 is 17.9 Å². The summed E-state index contributed by atoms with van der Waals surface area (Å²) >= 11 is 0. The van der Waals surface area contributed by atoms with E-state index < -0.39 is 10.0 Å². The van der Waals surface area contributed by atoms with Crippen LogP contribution in [0.2, 0.25) is 0 Å². The van der Waals surface area contributed by atoms with Gasteiger partial charge in [0.25, 0.3) is 0 Å². The van der Waals surface area contributed by atoms with Crippen LogP contribution in [0.3, 0.4) is 0 Å². The van der Waals surface area contributed by atoms with Crippen molar-refractivity contribution in [3.05, 3.63) is 18.2 Å². The fourth-order valence-electron chi connectivity index (χ4n) is 2.72. The molecule has 0 aliphatic carbocycles. The Bertz CT molecular complexity index is 593. The van der Waals surface area contributed by atoms with E-state index in [1.54, 1.807) is 13.2 Å². The zero-order valence-electron chi connectivity index (χ0n) is 12.5. The minimum Gasteiger partial charge on any atom is -0.495 e. The molecule has 0 amide bonds. The minimum absolute atomic E-state index is 0.0685. The molecule has 1 fully saturated rings. The van der Waals surface area contributed by atoms with Crippen LogP contribution in [0.5, 0.6) is 5.75 Å². The quantitative estimate of drug-likeness (QED) is 0.883. The Hall–Kier alpha value is -1.31. The normalized spacial score (nSPS) is 26.4. The van der Waals surface area contributed by atoms with Crippen LogP contribution >= 0.6 is 0 Å². The van der Waals surface area contributed by atoms with E-state index in [2.05, 4.69) is 5.32 Å². The Morgan fingerprint density at radius 2 is 1.90 bits per heavy atom. The highest BCUT2D eigenvalue weighted by atomic mass is 32.2. The zero-order chi connectivity index (χ0) is 15.6. The number of nitrogens with one attached hydrogen (secondary N) is 1. The van der Waals surface area contributed by atoms with Crippen molar-refractivity contribution in [2.75, 3.05) is 12.4 Å². The molecule has 1 aliphatic heterocycles. The van der Waals surface area contributed by atoms with Crippen LogP contribution in [0.15, 0.2) is 23.1 Å². The molecule has 0 radical (unpaired) electrons. The predicted molar refractivity (Wildman–Crippen MR) is 81.0 cm³/mol. The van der Waals surface area contributed by atoms with Crippen molar-refractivity contribution >= 4 is 15.7 Å². The van der Waals surface area contributed by atoms with Gasteiger partial charge in [-0.25, -0.2) is 13.6 Å². The van der Waals surface area contributed by atoms with Gasteiger partial charge in [-0.1, -0.05) is 0 Å². The molecule has 1 saturated heterocycles. The van der Waals surface area contributed by atoms with Gasteiger partial charge in [0, 0.05) is 6.04 Å². The van der Waals surface area contributed by atoms with Crippen LogP contribution < -0.4 is 15.2 Å². The molecule has 3 N–H and O–H groups in total. The average Bonchev–Trinajstić information content (AvgIpc) is 2.36. The third-order valence-corrected chi connectivity index (χ3v) is 4.47. The van der Waals surface area contributed by atoms with Crippen LogP contribution in [0.1, 0.15) is 26.7 Å². The second kappa shape index (κ2) is 6.21. The van der Waals surface area contributed by atoms with E-state index in [1.807, 2.05) is 13.8 Å². The summed E-state index contributed by atoms with van der Waals surface area (Å²) < 4.78 is 33.9. The number of hydrogen-bond acceptors (Lipinski definition) is 5. The summed E-state index contributed by atoms with van der Waals surface area (Å²) in [4.78, 5) is 0.0685. The molecule has 0 bridgehead atoms. The zero-order valence-corrected chi connectivity index (χ0v) is 13.3. The Kier molecular flexibility index (Phi) is 4.75. The molecule has 0 spiro atoms. The highest BCUT2D eigenvalue weighted by molar-refractivity contribution is 7.89. The SMILES string of the molecule is COc1ccc(S(N)(=O)=O)cc1NC1CC(C)OC(C)C1. The lowest BCUT2D eigenvalue weighted by atomic mass is 9.99. The van der Waals surface area contributed by atoms with Crippen LogP contribution in [0.4, 0.5) is 5.69 Å². The van der Waals surface area contributed by atoms with Crippen molar-refractivity contribution in [3.8, 4) is 5.75 Å². The van der Waals surface area contributed by atoms with E-state index in [0.29, 0.717) is 11.4 Å². The number of sulfonamides is 1. The van der Waals surface area contributed by atoms with Gasteiger partial charge in [0.05, 0.1) is 29.9 Å². The molecule has 2 atom stereocenters. The molecule has 1 aromatic rings. The fraction of sp³-hybridized carbons (Fsp3) is 0.571. The second-order valence-electron chi connectivity index (χ2n) is 5.48. The molecule has 6 nitrogen and oxygen atoms in total. The van der Waals surface area contributed by atoms with E-state index in [-0.39, 0.29) is 23.1 Å². The number of anilines is 1. The number of primary sulfonamides is 1. The molecule has 1 heterocycles. The monoisotopic (exact) mass is 314 g/mol. The lowest BCUT2D eigenvalue weighted by Crippen LogP contribution is -2.37. The van der Waals surface area contributed by atoms with Gasteiger partial charge < -0.3 is 14.8 Å². The third kappa shape index (κ3) is 4.09. The second-order valence-corrected chi connectivity index (χ2v) is 7.04. The topological polar surface area (TPSA) is 90.7 Å². The molecular weight excluding hydrogens is 292 g/mol. The Balaban J connectivity index is 2.25. The van der Waals surface area contributed by atoms with Crippen molar-refractivity contribution in [2.45, 2.75) is 49.8 Å². The smallest absolute Gasteiger partial charge is 0.238 e. The first-order valence-electron chi connectivity index (χ1n) is 6.92. The highest BCUT2D eigenvalue weighted by Crippen LogP contribution is 2.30. The lowest BCUT2D eigenvalue weighted by Gasteiger charge is -2.33. The molecule has 118 valence electrons. The molecular formula is C14H22N2O4S. The highest BCUT2D eigenvalue weighted by Gasteiger charge is 2.25.